The van der Waals surface area contributed by atoms with Crippen LogP contribution in [0, 0.1) is 0 Å². The Hall–Kier alpha value is -6.99. The molecule has 4 aromatic heterocycles. The molecule has 0 spiro atoms. The molecule has 0 radical (unpaired) electrons. The minimum atomic E-state index is 0.593. The lowest BCUT2D eigenvalue weighted by Gasteiger charge is -2.12. The second-order valence-corrected chi connectivity index (χ2v) is 16.5. The third kappa shape index (κ3) is 5.37. The molecule has 0 amide bonds. The van der Waals surface area contributed by atoms with E-state index in [1.807, 2.05) is 29.5 Å². The molecule has 4 nitrogen and oxygen atoms in total. The Balaban J connectivity index is 1.12. The Morgan fingerprint density at radius 3 is 1.58 bits per heavy atom. The van der Waals surface area contributed by atoms with E-state index >= 15 is 0 Å². The summed E-state index contributed by atoms with van der Waals surface area (Å²) in [6, 6.07) is 62.1. The molecule has 0 unspecified atom stereocenters. The minimum Gasteiger partial charge on any atom is -0.456 e. The highest BCUT2D eigenvalue weighted by atomic mass is 32.1. The Morgan fingerprint density at radius 2 is 0.842 bits per heavy atom. The van der Waals surface area contributed by atoms with Gasteiger partial charge in [-0.1, -0.05) is 109 Å². The number of hydrogen-bond acceptors (Lipinski definition) is 6. The number of rotatable bonds is 5. The Bertz CT molecular complexity index is 3540. The van der Waals surface area contributed by atoms with Crippen molar-refractivity contribution in [2.45, 2.75) is 0 Å². The molecule has 0 fully saturated rings. The number of fused-ring (bicyclic) bond motifs is 9. The molecule has 12 rings (SSSR count). The van der Waals surface area contributed by atoms with Crippen LogP contribution in [-0.4, -0.2) is 15.0 Å². The van der Waals surface area contributed by atoms with Crippen LogP contribution in [0.2, 0.25) is 0 Å². The molecule has 57 heavy (non-hydrogen) atoms. The van der Waals surface area contributed by atoms with E-state index in [1.54, 1.807) is 11.3 Å². The number of hydrogen-bond donors (Lipinski definition) is 0. The van der Waals surface area contributed by atoms with Crippen molar-refractivity contribution in [2.75, 3.05) is 0 Å². The summed E-state index contributed by atoms with van der Waals surface area (Å²) in [5, 5.41) is 6.96. The second kappa shape index (κ2) is 12.8. The molecule has 0 saturated carbocycles. The lowest BCUT2D eigenvalue weighted by atomic mass is 9.97. The summed E-state index contributed by atoms with van der Waals surface area (Å²) in [5.74, 6) is 1.83. The van der Waals surface area contributed by atoms with E-state index in [0.29, 0.717) is 17.5 Å². The van der Waals surface area contributed by atoms with Crippen molar-refractivity contribution in [2.24, 2.45) is 0 Å². The molecule has 0 atom stereocenters. The zero-order valence-corrected chi connectivity index (χ0v) is 31.9. The highest BCUT2D eigenvalue weighted by Gasteiger charge is 2.21. The summed E-state index contributed by atoms with van der Waals surface area (Å²) in [5.41, 5.74) is 8.75. The normalized spacial score (nSPS) is 11.9. The first-order chi connectivity index (χ1) is 28.2. The predicted molar refractivity (Wildman–Crippen MR) is 240 cm³/mol. The van der Waals surface area contributed by atoms with Gasteiger partial charge in [0.05, 0.1) is 0 Å². The molecular formula is C51H29N3OS2. The largest absolute Gasteiger partial charge is 0.456 e. The van der Waals surface area contributed by atoms with E-state index in [0.717, 1.165) is 60.9 Å². The summed E-state index contributed by atoms with van der Waals surface area (Å²) >= 11 is 3.63. The van der Waals surface area contributed by atoms with E-state index in [-0.39, 0.29) is 0 Å². The summed E-state index contributed by atoms with van der Waals surface area (Å²) in [4.78, 5) is 15.9. The van der Waals surface area contributed by atoms with Crippen molar-refractivity contribution in [3.05, 3.63) is 176 Å². The van der Waals surface area contributed by atoms with Gasteiger partial charge in [-0.25, -0.2) is 15.0 Å². The standard InChI is InChI=1S/C51H29N3OS2/c1-2-11-30(12-3-1)31-13-10-14-33(25-31)49-52-50(34-22-24-47-40(27-34)37-16-6-9-20-45(37)57-47)54-51(53-49)41-28-35(29-43-48(41)38-17-4-7-18-42(38)55-43)32-21-23-46-39(26-32)36-15-5-8-19-44(36)56-46/h1-29H. The number of aromatic nitrogens is 3. The molecule has 0 N–H and O–H groups in total. The Kier molecular flexibility index (Phi) is 7.24. The van der Waals surface area contributed by atoms with Crippen LogP contribution in [-0.2, 0) is 0 Å². The molecule has 0 aliphatic heterocycles. The monoisotopic (exact) mass is 763 g/mol. The summed E-state index contributed by atoms with van der Waals surface area (Å²) in [6.07, 6.45) is 0. The highest BCUT2D eigenvalue weighted by molar-refractivity contribution is 7.26. The van der Waals surface area contributed by atoms with E-state index < -0.39 is 0 Å². The van der Waals surface area contributed by atoms with Crippen LogP contribution in [0.3, 0.4) is 0 Å². The van der Waals surface area contributed by atoms with Gasteiger partial charge in [0, 0.05) is 67.8 Å². The van der Waals surface area contributed by atoms with Crippen LogP contribution < -0.4 is 0 Å². The van der Waals surface area contributed by atoms with Crippen molar-refractivity contribution in [1.82, 2.24) is 15.0 Å². The first-order valence-corrected chi connectivity index (χ1v) is 20.5. The van der Waals surface area contributed by atoms with Gasteiger partial charge < -0.3 is 4.42 Å². The van der Waals surface area contributed by atoms with E-state index in [1.165, 1.54) is 40.3 Å². The maximum atomic E-state index is 6.63. The average Bonchev–Trinajstić information content (AvgIpc) is 3.97. The van der Waals surface area contributed by atoms with E-state index in [9.17, 15) is 0 Å². The average molecular weight is 764 g/mol. The zero-order valence-electron chi connectivity index (χ0n) is 30.3. The summed E-state index contributed by atoms with van der Waals surface area (Å²) in [7, 11) is 0. The number of nitrogens with zero attached hydrogens (tertiary/aromatic N) is 3. The number of para-hydroxylation sites is 1. The molecule has 266 valence electrons. The first-order valence-electron chi connectivity index (χ1n) is 18.9. The van der Waals surface area contributed by atoms with Crippen LogP contribution in [0.4, 0.5) is 0 Å². The van der Waals surface area contributed by atoms with Crippen molar-refractivity contribution < 1.29 is 4.42 Å². The Morgan fingerprint density at radius 1 is 0.316 bits per heavy atom. The van der Waals surface area contributed by atoms with Crippen LogP contribution in [0.15, 0.2) is 180 Å². The van der Waals surface area contributed by atoms with Gasteiger partial charge in [0.2, 0.25) is 0 Å². The van der Waals surface area contributed by atoms with Gasteiger partial charge in [-0.3, -0.25) is 0 Å². The van der Waals surface area contributed by atoms with Gasteiger partial charge in [0.15, 0.2) is 17.5 Å². The van der Waals surface area contributed by atoms with Crippen molar-refractivity contribution in [3.8, 4) is 56.4 Å². The van der Waals surface area contributed by atoms with Gasteiger partial charge in [-0.05, 0) is 89.0 Å². The fourth-order valence-corrected chi connectivity index (χ4v) is 10.4. The molecular weight excluding hydrogens is 735 g/mol. The molecule has 0 saturated heterocycles. The SMILES string of the molecule is c1ccc(-c2cccc(-c3nc(-c4ccc5sc6ccccc6c5c4)nc(-c4cc(-c5ccc6sc7ccccc7c6c5)cc5oc6ccccc6c45)n3)c2)cc1. The van der Waals surface area contributed by atoms with Crippen LogP contribution >= 0.6 is 22.7 Å². The van der Waals surface area contributed by atoms with Gasteiger partial charge >= 0.3 is 0 Å². The minimum absolute atomic E-state index is 0.593. The zero-order chi connectivity index (χ0) is 37.5. The molecule has 0 aliphatic rings. The number of benzene rings is 8. The van der Waals surface area contributed by atoms with Gasteiger partial charge in [0.25, 0.3) is 0 Å². The molecule has 4 heterocycles. The van der Waals surface area contributed by atoms with Crippen molar-refractivity contribution >= 4 is 85.0 Å². The lowest BCUT2D eigenvalue weighted by molar-refractivity contribution is 0.669. The van der Waals surface area contributed by atoms with Crippen LogP contribution in [0.25, 0.3) is 119 Å². The quantitative estimate of drug-likeness (QED) is 0.175. The fourth-order valence-electron chi connectivity index (χ4n) is 8.19. The maximum absolute atomic E-state index is 6.63. The van der Waals surface area contributed by atoms with Crippen molar-refractivity contribution in [3.63, 3.8) is 0 Å². The molecule has 0 aliphatic carbocycles. The maximum Gasteiger partial charge on any atom is 0.164 e. The predicted octanol–water partition coefficient (Wildman–Crippen LogP) is 14.8. The van der Waals surface area contributed by atoms with E-state index in [2.05, 4.69) is 158 Å². The highest BCUT2D eigenvalue weighted by Crippen LogP contribution is 2.43. The van der Waals surface area contributed by atoms with Gasteiger partial charge in [-0.15, -0.1) is 22.7 Å². The topological polar surface area (TPSA) is 51.8 Å². The van der Waals surface area contributed by atoms with Gasteiger partial charge in [0.1, 0.15) is 11.2 Å². The third-order valence-electron chi connectivity index (χ3n) is 10.9. The molecule has 12 aromatic rings. The van der Waals surface area contributed by atoms with Crippen molar-refractivity contribution in [1.29, 1.82) is 0 Å². The van der Waals surface area contributed by atoms with Crippen LogP contribution in [0.1, 0.15) is 0 Å². The first kappa shape index (κ1) is 32.3. The van der Waals surface area contributed by atoms with E-state index in [4.69, 9.17) is 19.4 Å². The van der Waals surface area contributed by atoms with Crippen LogP contribution in [0.5, 0.6) is 0 Å². The lowest BCUT2D eigenvalue weighted by Crippen LogP contribution is -2.01. The molecule has 8 aromatic carbocycles. The molecule has 0 bridgehead atoms. The van der Waals surface area contributed by atoms with Gasteiger partial charge in [-0.2, -0.15) is 0 Å². The summed E-state index contributed by atoms with van der Waals surface area (Å²) < 4.78 is 11.7. The third-order valence-corrected chi connectivity index (χ3v) is 13.2. The summed E-state index contributed by atoms with van der Waals surface area (Å²) in [6.45, 7) is 0. The second-order valence-electron chi connectivity index (χ2n) is 14.4. The smallest absolute Gasteiger partial charge is 0.164 e. The molecule has 6 heteroatoms. The Labute approximate surface area is 335 Å². The number of thiophene rings is 2. The fraction of sp³-hybridized carbons (Fsp3) is 0. The number of furan rings is 1.